The molecular weight excluding hydrogens is 430 g/mol. The van der Waals surface area contributed by atoms with Crippen molar-refractivity contribution in [2.24, 2.45) is 0 Å². The number of hydrogen-bond donors (Lipinski definition) is 0. The third-order valence-corrected chi connectivity index (χ3v) is 6.46. The van der Waals surface area contributed by atoms with Gasteiger partial charge in [0.25, 0.3) is 11.8 Å². The zero-order valence-electron chi connectivity index (χ0n) is 15.0. The number of thioether (sulfide) groups is 1. The van der Waals surface area contributed by atoms with Crippen molar-refractivity contribution < 1.29 is 19.1 Å². The van der Waals surface area contributed by atoms with Gasteiger partial charge >= 0.3 is 5.97 Å². The summed E-state index contributed by atoms with van der Waals surface area (Å²) in [5.74, 6) is -1.59. The van der Waals surface area contributed by atoms with Crippen LogP contribution in [0.4, 0.5) is 0 Å². The minimum absolute atomic E-state index is 0.289. The fraction of sp³-hybridized carbons (Fsp3) is 0.105. The van der Waals surface area contributed by atoms with E-state index in [4.69, 9.17) is 17.0 Å². The highest BCUT2D eigenvalue weighted by molar-refractivity contribution is 8.00. The summed E-state index contributed by atoms with van der Waals surface area (Å²) in [7, 11) is 0. The first-order chi connectivity index (χ1) is 14.0. The van der Waals surface area contributed by atoms with E-state index in [0.29, 0.717) is 15.1 Å². The predicted molar refractivity (Wildman–Crippen MR) is 111 cm³/mol. The van der Waals surface area contributed by atoms with Crippen LogP contribution in [0, 0.1) is 3.95 Å². The van der Waals surface area contributed by atoms with E-state index in [2.05, 4.69) is 5.10 Å². The Bertz CT molecular complexity index is 1150. The molecule has 2 amide bonds. The van der Waals surface area contributed by atoms with E-state index in [1.807, 2.05) is 6.26 Å². The van der Waals surface area contributed by atoms with Crippen LogP contribution >= 0.6 is 35.3 Å². The molecule has 10 heteroatoms. The number of amides is 2. The summed E-state index contributed by atoms with van der Waals surface area (Å²) in [6.45, 7) is -0.443. The average molecular weight is 444 g/mol. The lowest BCUT2D eigenvalue weighted by Crippen LogP contribution is -2.33. The summed E-state index contributed by atoms with van der Waals surface area (Å²) in [6, 6.07) is 13.1. The van der Waals surface area contributed by atoms with E-state index in [1.54, 1.807) is 53.2 Å². The zero-order valence-corrected chi connectivity index (χ0v) is 17.5. The number of fused-ring (bicyclic) bond motifs is 1. The molecule has 1 aliphatic heterocycles. The molecular formula is C19H13N3O4S3. The monoisotopic (exact) mass is 443 g/mol. The normalized spacial score (nSPS) is 12.9. The van der Waals surface area contributed by atoms with Crippen molar-refractivity contribution in [1.29, 1.82) is 0 Å². The van der Waals surface area contributed by atoms with Gasteiger partial charge in [-0.25, -0.2) is 14.4 Å². The molecule has 0 aliphatic carbocycles. The highest BCUT2D eigenvalue weighted by Gasteiger charge is 2.35. The second-order valence-electron chi connectivity index (χ2n) is 5.94. The number of ether oxygens (including phenoxy) is 1. The van der Waals surface area contributed by atoms with Gasteiger partial charge < -0.3 is 4.74 Å². The summed E-state index contributed by atoms with van der Waals surface area (Å²) >= 11 is 8.22. The number of aromatic nitrogens is 2. The molecule has 0 radical (unpaired) electrons. The van der Waals surface area contributed by atoms with Crippen LogP contribution in [0.25, 0.3) is 5.69 Å². The minimum Gasteiger partial charge on any atom is -0.440 e. The van der Waals surface area contributed by atoms with Crippen molar-refractivity contribution in [3.63, 3.8) is 0 Å². The van der Waals surface area contributed by atoms with Gasteiger partial charge in [0.05, 0.1) is 22.4 Å². The molecule has 0 fully saturated rings. The molecule has 29 heavy (non-hydrogen) atoms. The summed E-state index contributed by atoms with van der Waals surface area (Å²) in [5.41, 5.74) is 1.63. The third kappa shape index (κ3) is 3.61. The van der Waals surface area contributed by atoms with Gasteiger partial charge in [-0.15, -0.1) is 5.10 Å². The van der Waals surface area contributed by atoms with Gasteiger partial charge in [-0.3, -0.25) is 9.59 Å². The Morgan fingerprint density at radius 1 is 1.10 bits per heavy atom. The maximum absolute atomic E-state index is 12.3. The maximum Gasteiger partial charge on any atom is 0.339 e. The maximum atomic E-state index is 12.3. The molecule has 0 spiro atoms. The first-order valence-electron chi connectivity index (χ1n) is 8.36. The van der Waals surface area contributed by atoms with Gasteiger partial charge in [-0.05, 0) is 54.9 Å². The summed E-state index contributed by atoms with van der Waals surface area (Å²) < 4.78 is 8.25. The summed E-state index contributed by atoms with van der Waals surface area (Å²) in [6.07, 6.45) is 1.92. The van der Waals surface area contributed by atoms with E-state index in [0.717, 1.165) is 14.9 Å². The summed E-state index contributed by atoms with van der Waals surface area (Å²) in [4.78, 5) is 37.9. The molecule has 3 aromatic rings. The van der Waals surface area contributed by atoms with Gasteiger partial charge in [0, 0.05) is 0 Å². The van der Waals surface area contributed by atoms with Crippen LogP contribution in [0.15, 0.2) is 52.9 Å². The molecule has 1 aromatic heterocycles. The molecule has 0 saturated heterocycles. The van der Waals surface area contributed by atoms with Crippen molar-refractivity contribution in [2.45, 2.75) is 4.34 Å². The quantitative estimate of drug-likeness (QED) is 0.257. The lowest BCUT2D eigenvalue weighted by atomic mass is 10.1. The lowest BCUT2D eigenvalue weighted by molar-refractivity contribution is 0.0228. The second kappa shape index (κ2) is 7.90. The van der Waals surface area contributed by atoms with Gasteiger partial charge in [0.2, 0.25) is 0 Å². The smallest absolute Gasteiger partial charge is 0.339 e. The molecule has 0 saturated carbocycles. The largest absolute Gasteiger partial charge is 0.440 e. The van der Waals surface area contributed by atoms with Gasteiger partial charge in [0.15, 0.2) is 15.0 Å². The van der Waals surface area contributed by atoms with Gasteiger partial charge in [-0.1, -0.05) is 35.2 Å². The highest BCUT2D eigenvalue weighted by Crippen LogP contribution is 2.23. The van der Waals surface area contributed by atoms with Crippen LogP contribution in [0.1, 0.15) is 31.1 Å². The van der Waals surface area contributed by atoms with Crippen molar-refractivity contribution >= 4 is 53.1 Å². The molecule has 0 N–H and O–H groups in total. The number of hydrogen-bond acceptors (Lipinski definition) is 8. The average Bonchev–Trinajstić information content (AvgIpc) is 3.24. The predicted octanol–water partition coefficient (Wildman–Crippen LogP) is 3.80. The molecule has 7 nitrogen and oxygen atoms in total. The lowest BCUT2D eigenvalue weighted by Gasteiger charge is -2.14. The van der Waals surface area contributed by atoms with E-state index >= 15 is 0 Å². The first-order valence-corrected chi connectivity index (χ1v) is 10.8. The number of rotatable bonds is 5. The van der Waals surface area contributed by atoms with Gasteiger partial charge in [0.1, 0.15) is 0 Å². The van der Waals surface area contributed by atoms with Crippen LogP contribution in [0.2, 0.25) is 0 Å². The van der Waals surface area contributed by atoms with E-state index < -0.39 is 24.5 Å². The number of esters is 1. The standard InChI is InChI=1S/C19H13N3O4S3/c1-28-18-20-22(19(27)29-18)12-8-6-11(7-9-12)17(25)26-10-21-15(23)13-4-2-3-5-14(13)16(21)24/h2-9H,10H2,1H3. The van der Waals surface area contributed by atoms with E-state index in [1.165, 1.54) is 23.1 Å². The Morgan fingerprint density at radius 2 is 1.72 bits per heavy atom. The number of carbonyl (C=O) groups is 3. The fourth-order valence-electron chi connectivity index (χ4n) is 2.81. The topological polar surface area (TPSA) is 81.5 Å². The molecule has 0 bridgehead atoms. The van der Waals surface area contributed by atoms with Crippen LogP contribution in [0.5, 0.6) is 0 Å². The SMILES string of the molecule is CSc1nn(-c2ccc(C(=O)OCN3C(=O)c4ccccc4C3=O)cc2)c(=S)s1. The number of carbonyl (C=O) groups excluding carboxylic acids is 3. The van der Waals surface area contributed by atoms with Crippen LogP contribution < -0.4 is 0 Å². The van der Waals surface area contributed by atoms with Crippen molar-refractivity contribution in [3.8, 4) is 5.69 Å². The molecule has 2 aromatic carbocycles. The minimum atomic E-state index is -0.639. The Labute approximate surface area is 178 Å². The van der Waals surface area contributed by atoms with Gasteiger partial charge in [-0.2, -0.15) is 0 Å². The van der Waals surface area contributed by atoms with Crippen LogP contribution in [0.3, 0.4) is 0 Å². The van der Waals surface area contributed by atoms with Crippen LogP contribution in [-0.2, 0) is 4.74 Å². The molecule has 0 atom stereocenters. The van der Waals surface area contributed by atoms with Crippen molar-refractivity contribution in [2.75, 3.05) is 13.0 Å². The number of benzene rings is 2. The van der Waals surface area contributed by atoms with E-state index in [9.17, 15) is 14.4 Å². The fourth-order valence-corrected chi connectivity index (χ4v) is 4.59. The number of imide groups is 1. The Balaban J connectivity index is 1.44. The molecule has 1 aliphatic rings. The second-order valence-corrected chi connectivity index (χ2v) is 8.62. The van der Waals surface area contributed by atoms with E-state index in [-0.39, 0.29) is 5.56 Å². The Morgan fingerprint density at radius 3 is 2.28 bits per heavy atom. The number of nitrogens with zero attached hydrogens (tertiary/aromatic N) is 3. The molecule has 4 rings (SSSR count). The highest BCUT2D eigenvalue weighted by atomic mass is 32.2. The Kier molecular flexibility index (Phi) is 5.31. The molecule has 2 heterocycles. The van der Waals surface area contributed by atoms with Crippen molar-refractivity contribution in [1.82, 2.24) is 14.7 Å². The first kappa shape index (κ1) is 19.5. The zero-order chi connectivity index (χ0) is 20.5. The summed E-state index contributed by atoms with van der Waals surface area (Å²) in [5, 5.41) is 4.39. The third-order valence-electron chi connectivity index (χ3n) is 4.25. The van der Waals surface area contributed by atoms with Crippen LogP contribution in [-0.4, -0.2) is 45.5 Å². The Hall–Kier alpha value is -2.82. The molecule has 146 valence electrons. The van der Waals surface area contributed by atoms with Crippen molar-refractivity contribution in [3.05, 3.63) is 69.2 Å². The molecule has 0 unspecified atom stereocenters.